The van der Waals surface area contributed by atoms with Gasteiger partial charge in [0.15, 0.2) is 0 Å². The quantitative estimate of drug-likeness (QED) is 0.358. The molecule has 1 aromatic heterocycles. The van der Waals surface area contributed by atoms with Crippen molar-refractivity contribution in [2.24, 2.45) is 0 Å². The molecule has 3 aromatic rings. The van der Waals surface area contributed by atoms with E-state index in [1.165, 1.54) is 43.4 Å². The number of hydrogen-bond acceptors (Lipinski definition) is 5. The highest BCUT2D eigenvalue weighted by Crippen LogP contribution is 2.29. The smallest absolute Gasteiger partial charge is 0.254 e. The molecule has 2 aliphatic heterocycles. The topological polar surface area (TPSA) is 58.6 Å². The summed E-state index contributed by atoms with van der Waals surface area (Å²) in [6, 6.07) is 14.7. The number of fused-ring (bicyclic) bond motifs is 1. The van der Waals surface area contributed by atoms with Crippen molar-refractivity contribution in [2.75, 3.05) is 37.7 Å². The molecule has 0 saturated carbocycles. The first-order valence-corrected chi connectivity index (χ1v) is 13.9. The Morgan fingerprint density at radius 3 is 2.55 bits per heavy atom. The highest BCUT2D eigenvalue weighted by molar-refractivity contribution is 5.94. The molecule has 5 rings (SSSR count). The van der Waals surface area contributed by atoms with Crippen molar-refractivity contribution >= 4 is 11.7 Å². The van der Waals surface area contributed by atoms with Gasteiger partial charge in [-0.1, -0.05) is 50.5 Å². The summed E-state index contributed by atoms with van der Waals surface area (Å²) in [5.41, 5.74) is 4.86. The lowest BCUT2D eigenvalue weighted by atomic mass is 10.0. The molecule has 6 nitrogen and oxygen atoms in total. The molecule has 1 saturated heterocycles. The van der Waals surface area contributed by atoms with Crippen molar-refractivity contribution < 1.29 is 13.9 Å². The van der Waals surface area contributed by atoms with E-state index in [2.05, 4.69) is 24.0 Å². The van der Waals surface area contributed by atoms with E-state index in [1.54, 1.807) is 6.07 Å². The van der Waals surface area contributed by atoms with E-state index in [9.17, 15) is 9.18 Å². The lowest BCUT2D eigenvalue weighted by Crippen LogP contribution is -2.41. The van der Waals surface area contributed by atoms with Gasteiger partial charge in [0, 0.05) is 43.6 Å². The van der Waals surface area contributed by atoms with Crippen molar-refractivity contribution in [3.63, 3.8) is 0 Å². The Morgan fingerprint density at radius 2 is 1.79 bits per heavy atom. The van der Waals surface area contributed by atoms with Crippen LogP contribution in [0.4, 0.5) is 10.2 Å². The number of morpholine rings is 1. The molecule has 0 aliphatic carbocycles. The number of carbonyl (C=O) groups is 1. The van der Waals surface area contributed by atoms with Gasteiger partial charge in [0.1, 0.15) is 17.5 Å². The molecule has 1 amide bonds. The standard InChI is InChI=1S/C31H37FN4O2/c1-2-3-4-5-7-23-10-12-25(13-11-23)31(37)36-15-14-28-27(22-36)30(35-16-18-38-19-17-35)34-29(33-28)21-24-8-6-9-26(32)20-24/h6,8-13,20H,2-5,7,14-19,21-22H2,1H3. The first-order valence-electron chi connectivity index (χ1n) is 13.9. The zero-order valence-electron chi connectivity index (χ0n) is 22.3. The maximum absolute atomic E-state index is 13.8. The van der Waals surface area contributed by atoms with Gasteiger partial charge in [0.2, 0.25) is 0 Å². The van der Waals surface area contributed by atoms with Crippen LogP contribution < -0.4 is 4.90 Å². The molecule has 2 aromatic carbocycles. The lowest BCUT2D eigenvalue weighted by Gasteiger charge is -2.34. The highest BCUT2D eigenvalue weighted by atomic mass is 19.1. The molecule has 200 valence electrons. The fourth-order valence-corrected chi connectivity index (χ4v) is 5.32. The first-order chi connectivity index (χ1) is 18.6. The zero-order valence-corrected chi connectivity index (χ0v) is 22.3. The Hall–Kier alpha value is -3.32. The molecule has 0 spiro atoms. The van der Waals surface area contributed by atoms with Crippen molar-refractivity contribution in [1.82, 2.24) is 14.9 Å². The Bertz CT molecular complexity index is 1240. The molecule has 0 radical (unpaired) electrons. The van der Waals surface area contributed by atoms with E-state index in [-0.39, 0.29) is 11.7 Å². The number of aryl methyl sites for hydroxylation is 1. The Kier molecular flexibility index (Phi) is 8.64. The van der Waals surface area contributed by atoms with Crippen LogP contribution in [0.25, 0.3) is 0 Å². The van der Waals surface area contributed by atoms with Gasteiger partial charge in [-0.15, -0.1) is 0 Å². The van der Waals surface area contributed by atoms with E-state index in [1.807, 2.05) is 23.1 Å². The fraction of sp³-hybridized carbons (Fsp3) is 0.452. The number of unbranched alkanes of at least 4 members (excludes halogenated alkanes) is 3. The fourth-order valence-electron chi connectivity index (χ4n) is 5.32. The number of hydrogen-bond donors (Lipinski definition) is 0. The molecule has 3 heterocycles. The molecule has 38 heavy (non-hydrogen) atoms. The minimum Gasteiger partial charge on any atom is -0.378 e. The van der Waals surface area contributed by atoms with Gasteiger partial charge in [-0.25, -0.2) is 14.4 Å². The van der Waals surface area contributed by atoms with Gasteiger partial charge in [0.05, 0.1) is 25.5 Å². The molecule has 7 heteroatoms. The summed E-state index contributed by atoms with van der Waals surface area (Å²) in [4.78, 5) is 27.5. The monoisotopic (exact) mass is 516 g/mol. The predicted molar refractivity (Wildman–Crippen MR) is 147 cm³/mol. The molecular formula is C31H37FN4O2. The SMILES string of the molecule is CCCCCCc1ccc(C(=O)N2CCc3nc(Cc4cccc(F)c4)nc(N4CCOCC4)c3C2)cc1. The van der Waals surface area contributed by atoms with E-state index in [4.69, 9.17) is 14.7 Å². The summed E-state index contributed by atoms with van der Waals surface area (Å²) in [7, 11) is 0. The van der Waals surface area contributed by atoms with E-state index in [0.29, 0.717) is 45.0 Å². The van der Waals surface area contributed by atoms with Crippen LogP contribution in [-0.4, -0.2) is 53.6 Å². The summed E-state index contributed by atoms with van der Waals surface area (Å²) in [5, 5.41) is 0. The van der Waals surface area contributed by atoms with Crippen molar-refractivity contribution in [1.29, 1.82) is 0 Å². The van der Waals surface area contributed by atoms with Crippen LogP contribution in [0.5, 0.6) is 0 Å². The van der Waals surface area contributed by atoms with E-state index in [0.717, 1.165) is 47.7 Å². The number of carbonyl (C=O) groups excluding carboxylic acids is 1. The number of halogens is 1. The van der Waals surface area contributed by atoms with Crippen molar-refractivity contribution in [2.45, 2.75) is 58.4 Å². The van der Waals surface area contributed by atoms with Crippen LogP contribution in [0, 0.1) is 5.82 Å². The maximum atomic E-state index is 13.8. The van der Waals surface area contributed by atoms with Gasteiger partial charge >= 0.3 is 0 Å². The molecule has 0 unspecified atom stereocenters. The molecular weight excluding hydrogens is 479 g/mol. The lowest BCUT2D eigenvalue weighted by molar-refractivity contribution is 0.0733. The van der Waals surface area contributed by atoms with Crippen LogP contribution in [0.1, 0.15) is 71.2 Å². The summed E-state index contributed by atoms with van der Waals surface area (Å²) in [6.45, 7) is 6.11. The Morgan fingerprint density at radius 1 is 0.974 bits per heavy atom. The molecule has 0 bridgehead atoms. The average Bonchev–Trinajstić information content (AvgIpc) is 2.95. The summed E-state index contributed by atoms with van der Waals surface area (Å²) >= 11 is 0. The number of anilines is 1. The maximum Gasteiger partial charge on any atom is 0.254 e. The normalized spacial score (nSPS) is 15.4. The average molecular weight is 517 g/mol. The largest absolute Gasteiger partial charge is 0.378 e. The second-order valence-corrected chi connectivity index (χ2v) is 10.3. The van der Waals surface area contributed by atoms with Crippen LogP contribution >= 0.6 is 0 Å². The predicted octanol–water partition coefficient (Wildman–Crippen LogP) is 5.36. The van der Waals surface area contributed by atoms with Crippen molar-refractivity contribution in [3.05, 3.63) is 88.1 Å². The minimum absolute atomic E-state index is 0.0462. The Labute approximate surface area is 224 Å². The zero-order chi connectivity index (χ0) is 26.3. The second-order valence-electron chi connectivity index (χ2n) is 10.3. The molecule has 2 aliphatic rings. The summed E-state index contributed by atoms with van der Waals surface area (Å²) in [6.07, 6.45) is 7.15. The number of nitrogens with zero attached hydrogens (tertiary/aromatic N) is 4. The minimum atomic E-state index is -0.257. The van der Waals surface area contributed by atoms with Crippen LogP contribution in [0.15, 0.2) is 48.5 Å². The van der Waals surface area contributed by atoms with Crippen LogP contribution in [0.3, 0.4) is 0 Å². The third-order valence-electron chi connectivity index (χ3n) is 7.45. The number of aromatic nitrogens is 2. The van der Waals surface area contributed by atoms with Crippen molar-refractivity contribution in [3.8, 4) is 0 Å². The summed E-state index contributed by atoms with van der Waals surface area (Å²) in [5.74, 6) is 1.35. The summed E-state index contributed by atoms with van der Waals surface area (Å²) < 4.78 is 19.4. The van der Waals surface area contributed by atoms with Gasteiger partial charge in [-0.3, -0.25) is 4.79 Å². The third kappa shape index (κ3) is 6.38. The van der Waals surface area contributed by atoms with Gasteiger partial charge in [-0.05, 0) is 48.2 Å². The van der Waals surface area contributed by atoms with Crippen LogP contribution in [0.2, 0.25) is 0 Å². The number of ether oxygens (including phenoxy) is 1. The number of amides is 1. The molecule has 1 fully saturated rings. The Balaban J connectivity index is 1.34. The van der Waals surface area contributed by atoms with E-state index >= 15 is 0 Å². The third-order valence-corrected chi connectivity index (χ3v) is 7.45. The van der Waals surface area contributed by atoms with Gasteiger partial charge in [0.25, 0.3) is 5.91 Å². The number of rotatable bonds is 9. The van der Waals surface area contributed by atoms with E-state index < -0.39 is 0 Å². The molecule has 0 N–H and O–H groups in total. The molecule has 0 atom stereocenters. The van der Waals surface area contributed by atoms with Gasteiger partial charge in [-0.2, -0.15) is 0 Å². The highest BCUT2D eigenvalue weighted by Gasteiger charge is 2.29. The number of benzene rings is 2. The first kappa shape index (κ1) is 26.3. The van der Waals surface area contributed by atoms with Crippen LogP contribution in [-0.2, 0) is 30.5 Å². The second kappa shape index (κ2) is 12.5. The van der Waals surface area contributed by atoms with Gasteiger partial charge < -0.3 is 14.5 Å².